The minimum atomic E-state index is -2.29. The van der Waals surface area contributed by atoms with Crippen molar-refractivity contribution in [2.24, 2.45) is 51.8 Å². The van der Waals surface area contributed by atoms with Crippen LogP contribution in [-0.2, 0) is 104 Å². The Bertz CT molecular complexity index is 2430. The molecular formula is C75H159N12O29SY-. The molecule has 13 fully saturated rings. The largest absolute Gasteiger partial charge is 0.542 e. The standard InChI is InChI=1S/C59H103O29S.2C3H10N2.2C3H8N2.4CH5N.Y/c1-9-25(8)45-32(61)38(67)53(74)82-46-26(10-2)76-58(39(68)33(46)62)87-51-31(15-7)81-59(52(44(51)73)75-22-20-24-89-23-19-17-16-18-21-60)88-50-30(14-6)80-57(43(72)37(50)66)86-49-29(13-5)79-56(42(71)36(49)65)85-48-28(12-4)78-55(41(70)35(48)64)84-47-27(11-3)77-54(83-45)40(69)34(47)63;2*1-5-3-2-4;2*1-2-3(4)5;4*1-2;/h25-59,61-74H,9-20,22-24H2,1-8H3;2*5H,2-4H2,1H3;2*2H2,1H3,(H3,4,5);4*2H2,1H3;/q-1;;;;;;;;;. The zero-order chi connectivity index (χ0) is 89.9. The number of rotatable bonds is 25. The molecule has 13 aliphatic rings. The first kappa shape index (κ1) is 121. The number of ether oxygens (including phenoxy) is 14. The Hall–Kier alpha value is -1.38. The van der Waals surface area contributed by atoms with Crippen LogP contribution < -0.4 is 56.5 Å². The summed E-state index contributed by atoms with van der Waals surface area (Å²) < 4.78 is 87.2. The van der Waals surface area contributed by atoms with Crippen LogP contribution in [0.2, 0.25) is 0 Å². The van der Waals surface area contributed by atoms with Crippen molar-refractivity contribution in [3.05, 3.63) is 0 Å². The van der Waals surface area contributed by atoms with Gasteiger partial charge in [-0.05, 0) is 111 Å². The minimum absolute atomic E-state index is 0. The maximum Gasteiger partial charge on any atom is 0.187 e. The van der Waals surface area contributed by atoms with Crippen LogP contribution in [0.1, 0.15) is 159 Å². The van der Waals surface area contributed by atoms with E-state index >= 15 is 0 Å². The number of likely N-dealkylation sites (N-methyl/N-ethyl adjacent to an activating group) is 2. The smallest absolute Gasteiger partial charge is 0.187 e. The first-order valence-electron chi connectivity index (χ1n) is 41.2. The van der Waals surface area contributed by atoms with Crippen LogP contribution >= 0.6 is 11.8 Å². The summed E-state index contributed by atoms with van der Waals surface area (Å²) in [4.78, 5) is 10.6. The summed E-state index contributed by atoms with van der Waals surface area (Å²) in [7, 11) is 9.76. The van der Waals surface area contributed by atoms with Gasteiger partial charge in [0.1, 0.15) is 122 Å². The molecule has 0 amide bonds. The second kappa shape index (κ2) is 68.8. The van der Waals surface area contributed by atoms with E-state index in [1.807, 2.05) is 34.2 Å². The molecule has 0 spiro atoms. The van der Waals surface area contributed by atoms with Gasteiger partial charge in [-0.1, -0.05) is 88.5 Å². The first-order chi connectivity index (χ1) is 55.9. The van der Waals surface area contributed by atoms with Gasteiger partial charge in [0.25, 0.3) is 0 Å². The Morgan fingerprint density at radius 3 is 0.949 bits per heavy atom. The molecule has 118 heavy (non-hydrogen) atoms. The third-order valence-corrected chi connectivity index (χ3v) is 21.0. The molecule has 13 heterocycles. The molecule has 13 saturated heterocycles. The average molecular weight is 1810 g/mol. The van der Waals surface area contributed by atoms with Crippen molar-refractivity contribution in [2.45, 2.75) is 368 Å². The number of carbonyl (C=O) groups excluding carboxylic acids is 1. The molecule has 0 aromatic carbocycles. The van der Waals surface area contributed by atoms with Crippen LogP contribution in [0.5, 0.6) is 0 Å². The van der Waals surface area contributed by atoms with Crippen LogP contribution in [0.25, 0.3) is 0 Å². The molecule has 12 bridgehead atoms. The summed E-state index contributed by atoms with van der Waals surface area (Å²) in [5.74, 6) is 1.34. The topological polar surface area (TPSA) is 709 Å². The molecule has 13 rings (SSSR count). The van der Waals surface area contributed by atoms with Crippen molar-refractivity contribution < 1.29 is 175 Å². The summed E-state index contributed by atoms with van der Waals surface area (Å²) in [6, 6.07) is 0. The Morgan fingerprint density at radius 2 is 0.678 bits per heavy atom. The molecule has 13 aliphatic heterocycles. The van der Waals surface area contributed by atoms with E-state index in [0.29, 0.717) is 37.9 Å². The Labute approximate surface area is 728 Å². The molecule has 0 aromatic heterocycles. The minimum Gasteiger partial charge on any atom is -0.542 e. The van der Waals surface area contributed by atoms with Crippen molar-refractivity contribution in [3.8, 4) is 0 Å². The van der Waals surface area contributed by atoms with Gasteiger partial charge in [0.2, 0.25) is 0 Å². The van der Waals surface area contributed by atoms with Gasteiger partial charge in [-0.15, -0.1) is 0 Å². The molecule has 1 radical (unpaired) electrons. The van der Waals surface area contributed by atoms with E-state index in [0.717, 1.165) is 51.2 Å². The third kappa shape index (κ3) is 38.3. The quantitative estimate of drug-likeness (QED) is 0.0176. The number of aliphatic hydroxyl groups is 14. The zero-order valence-corrected chi connectivity index (χ0v) is 76.2. The van der Waals surface area contributed by atoms with Crippen molar-refractivity contribution in [1.82, 2.24) is 10.6 Å². The fourth-order valence-corrected chi connectivity index (χ4v) is 13.9. The van der Waals surface area contributed by atoms with Crippen LogP contribution in [0, 0.1) is 16.7 Å². The third-order valence-electron chi connectivity index (χ3n) is 19.8. The van der Waals surface area contributed by atoms with Gasteiger partial charge < -0.3 is 199 Å². The van der Waals surface area contributed by atoms with Crippen molar-refractivity contribution in [2.75, 3.05) is 86.6 Å². The summed E-state index contributed by atoms with van der Waals surface area (Å²) in [5.41, 5.74) is 37.9. The van der Waals surface area contributed by atoms with E-state index in [4.69, 9.17) is 100 Å². The number of aliphatic hydroxyl groups excluding tert-OH is 14. The van der Waals surface area contributed by atoms with Gasteiger partial charge in [0, 0.05) is 78.3 Å². The second-order valence-corrected chi connectivity index (χ2v) is 29.1. The van der Waals surface area contributed by atoms with Crippen LogP contribution in [0.15, 0.2) is 0 Å². The number of hydrogen-bond donors (Lipinski definition) is 26. The van der Waals surface area contributed by atoms with E-state index in [9.17, 15) is 76.3 Å². The normalized spacial score (nSPS) is 38.1. The number of nitrogens with two attached hydrogens (primary N) is 8. The fourth-order valence-electron chi connectivity index (χ4n) is 12.9. The summed E-state index contributed by atoms with van der Waals surface area (Å²) in [5, 5.41) is 183. The summed E-state index contributed by atoms with van der Waals surface area (Å²) >= 11 is 1.67. The SMILES string of the molecule is CCC(=N)N.CCC(=N)N.CCC(C)C1OC2OC(CC)C(OC3OC(CC)C(OC4OC(CC)C(OC5OC(CC)C(OC6OC(CC)C(OC7OC(CC)C(OC(O)C(O)C1O)C(O)C7O)C(O)C6OCCCSCCCCC[C-]=O)C(O)C5O)C(O)C4O)C(O)C3O)C(O)C2O.CN.CN.CN.CN.CNCCN.CNCCN.[Y]. The van der Waals surface area contributed by atoms with E-state index in [1.54, 1.807) is 67.2 Å². The van der Waals surface area contributed by atoms with Gasteiger partial charge in [0.15, 0.2) is 44.0 Å². The van der Waals surface area contributed by atoms with E-state index in [1.165, 1.54) is 28.2 Å². The van der Waals surface area contributed by atoms with E-state index in [2.05, 4.69) is 33.6 Å². The van der Waals surface area contributed by atoms with Gasteiger partial charge >= 0.3 is 0 Å². The maximum atomic E-state index is 12.4. The molecular weight excluding hydrogens is 1650 g/mol. The first-order valence-corrected chi connectivity index (χ1v) is 42.3. The number of unbranched alkanes of at least 4 members (excludes halogenated alkanes) is 3. The zero-order valence-electron chi connectivity index (χ0n) is 72.5. The summed E-state index contributed by atoms with van der Waals surface area (Å²) in [6.45, 7) is 20.5. The number of thioether (sulfide) groups is 1. The molecule has 41 nitrogen and oxygen atoms in total. The molecule has 0 saturated carbocycles. The van der Waals surface area contributed by atoms with Crippen LogP contribution in [0.3, 0.4) is 0 Å². The van der Waals surface area contributed by atoms with Gasteiger partial charge in [0.05, 0.1) is 54.4 Å². The Morgan fingerprint density at radius 1 is 0.398 bits per heavy atom. The second-order valence-electron chi connectivity index (χ2n) is 27.9. The monoisotopic (exact) mass is 1810 g/mol. The molecule has 35 atom stereocenters. The van der Waals surface area contributed by atoms with Gasteiger partial charge in [-0.3, -0.25) is 17.1 Å². The number of fused-ring (bicyclic) bond motifs is 6. The number of hydrogen-bond acceptors (Lipinski definition) is 40. The van der Waals surface area contributed by atoms with Crippen molar-refractivity contribution in [1.29, 1.82) is 10.8 Å². The van der Waals surface area contributed by atoms with Crippen molar-refractivity contribution in [3.63, 3.8) is 0 Å². The molecule has 0 aromatic rings. The number of nitrogens with one attached hydrogen (secondary N) is 4. The molecule has 703 valence electrons. The van der Waals surface area contributed by atoms with Crippen LogP contribution in [-0.4, -0.2) is 385 Å². The average Bonchev–Trinajstić information content (AvgIpc) is 0.746. The number of amidine groups is 2. The maximum absolute atomic E-state index is 12.4. The molecule has 35 unspecified atom stereocenters. The van der Waals surface area contributed by atoms with E-state index < -0.39 is 215 Å². The van der Waals surface area contributed by atoms with Gasteiger partial charge in [-0.2, -0.15) is 18.2 Å². The molecule has 34 N–H and O–H groups in total. The Kier molecular flexibility index (Phi) is 70.4. The van der Waals surface area contributed by atoms with E-state index in [-0.39, 0.29) is 89.5 Å². The molecule has 43 heteroatoms. The van der Waals surface area contributed by atoms with Gasteiger partial charge in [-0.25, -0.2) is 0 Å². The predicted octanol–water partition coefficient (Wildman–Crippen LogP) is -4.97. The predicted molar refractivity (Wildman–Crippen MR) is 438 cm³/mol. The Balaban J connectivity index is -0.00000397. The summed E-state index contributed by atoms with van der Waals surface area (Å²) in [6.07, 6.45) is -47.4. The van der Waals surface area contributed by atoms with Crippen molar-refractivity contribution >= 4 is 29.7 Å². The molecule has 0 aliphatic carbocycles. The fraction of sp³-hybridized carbons (Fsp3) is 0.960. The van der Waals surface area contributed by atoms with Crippen LogP contribution in [0.4, 0.5) is 0 Å².